The fourth-order valence-corrected chi connectivity index (χ4v) is 3.77. The largest absolute Gasteiger partial charge is 0.476 e. The first kappa shape index (κ1) is 17.1. The number of carbonyl (C=O) groups is 2. The zero-order chi connectivity index (χ0) is 18.0. The molecule has 1 aromatic rings. The molecular weight excluding hydrogens is 324 g/mol. The molecule has 1 aliphatic heterocycles. The lowest BCUT2D eigenvalue weighted by atomic mass is 9.85. The lowest BCUT2D eigenvalue weighted by Crippen LogP contribution is -2.48. The predicted molar refractivity (Wildman–Crippen MR) is 90.1 cm³/mol. The minimum absolute atomic E-state index is 0.202. The number of hydrogen-bond acceptors (Lipinski definition) is 4. The number of rotatable bonds is 4. The summed E-state index contributed by atoms with van der Waals surface area (Å²) in [6, 6.07) is 3.86. The second kappa shape index (κ2) is 7.04. The van der Waals surface area contributed by atoms with Crippen LogP contribution in [-0.4, -0.2) is 32.8 Å². The van der Waals surface area contributed by atoms with Crippen molar-refractivity contribution >= 4 is 18.0 Å². The van der Waals surface area contributed by atoms with E-state index < -0.39 is 23.0 Å². The highest BCUT2D eigenvalue weighted by molar-refractivity contribution is 5.84. The summed E-state index contributed by atoms with van der Waals surface area (Å²) in [6.07, 6.45) is 7.69. The van der Waals surface area contributed by atoms with Crippen LogP contribution in [0.2, 0.25) is 0 Å². The highest BCUT2D eigenvalue weighted by atomic mass is 16.6. The Hall–Kier alpha value is -2.70. The zero-order valence-corrected chi connectivity index (χ0v) is 13.7. The molecule has 1 amide bonds. The summed E-state index contributed by atoms with van der Waals surface area (Å²) < 4.78 is 0. The minimum atomic E-state index is -1.90. The zero-order valence-electron chi connectivity index (χ0n) is 13.7. The van der Waals surface area contributed by atoms with Gasteiger partial charge in [0.2, 0.25) is 5.91 Å². The Morgan fingerprint density at radius 2 is 1.88 bits per heavy atom. The van der Waals surface area contributed by atoms with E-state index in [9.17, 15) is 24.8 Å². The molecule has 1 fully saturated rings. The summed E-state index contributed by atoms with van der Waals surface area (Å²) >= 11 is 0. The maximum atomic E-state index is 13.0. The Kier molecular flexibility index (Phi) is 4.83. The van der Waals surface area contributed by atoms with Gasteiger partial charge in [-0.05, 0) is 30.0 Å². The molecule has 132 valence electrons. The summed E-state index contributed by atoms with van der Waals surface area (Å²) in [4.78, 5) is 36.5. The van der Waals surface area contributed by atoms with Crippen LogP contribution < -0.4 is 0 Å². The van der Waals surface area contributed by atoms with Crippen LogP contribution in [0.5, 0.6) is 0 Å². The van der Waals surface area contributed by atoms with Gasteiger partial charge in [-0.25, -0.2) is 4.79 Å². The van der Waals surface area contributed by atoms with Gasteiger partial charge >= 0.3 is 12.0 Å². The average Bonchev–Trinajstić information content (AvgIpc) is 2.61. The van der Waals surface area contributed by atoms with Crippen LogP contribution in [0.1, 0.15) is 49.3 Å². The fraction of sp³-hybridized carbons (Fsp3) is 0.444. The highest BCUT2D eigenvalue weighted by Gasteiger charge is 2.47. The first-order valence-corrected chi connectivity index (χ1v) is 8.46. The number of nitrogens with zero attached hydrogens (tertiary/aromatic N) is 2. The van der Waals surface area contributed by atoms with E-state index in [1.807, 2.05) is 0 Å². The quantitative estimate of drug-likeness (QED) is 0.668. The summed E-state index contributed by atoms with van der Waals surface area (Å²) in [5.41, 5.74) is 1.20. The molecule has 1 aromatic carbocycles. The SMILES string of the molecule is O=C(O)C([C@H]1c2ccccc2C=CN1C(=O)C1CCCCC1)[N+](=O)[O-]. The maximum Gasteiger partial charge on any atom is 0.381 e. The predicted octanol–water partition coefficient (Wildman–Crippen LogP) is 2.85. The fourth-order valence-electron chi connectivity index (χ4n) is 3.77. The molecule has 7 heteroatoms. The van der Waals surface area contributed by atoms with Gasteiger partial charge in [-0.1, -0.05) is 43.5 Å². The van der Waals surface area contributed by atoms with Gasteiger partial charge in [0.25, 0.3) is 0 Å². The molecule has 1 aliphatic carbocycles. The van der Waals surface area contributed by atoms with Gasteiger partial charge in [0.15, 0.2) is 0 Å². The van der Waals surface area contributed by atoms with E-state index in [1.54, 1.807) is 30.3 Å². The van der Waals surface area contributed by atoms with E-state index >= 15 is 0 Å². The van der Waals surface area contributed by atoms with E-state index in [0.29, 0.717) is 11.1 Å². The second-order valence-electron chi connectivity index (χ2n) is 6.54. The summed E-state index contributed by atoms with van der Waals surface area (Å²) in [5, 5.41) is 20.9. The number of carbonyl (C=O) groups excluding carboxylic acids is 1. The van der Waals surface area contributed by atoms with Crippen molar-refractivity contribution in [2.24, 2.45) is 5.92 Å². The summed E-state index contributed by atoms with van der Waals surface area (Å²) in [5.74, 6) is -1.96. The molecule has 2 aliphatic rings. The smallest absolute Gasteiger partial charge is 0.381 e. The van der Waals surface area contributed by atoms with E-state index in [2.05, 4.69) is 0 Å². The van der Waals surface area contributed by atoms with Crippen molar-refractivity contribution in [3.05, 3.63) is 51.7 Å². The van der Waals surface area contributed by atoms with Crippen LogP contribution in [0, 0.1) is 16.0 Å². The van der Waals surface area contributed by atoms with Gasteiger partial charge in [0, 0.05) is 17.0 Å². The molecule has 1 unspecified atom stereocenters. The third kappa shape index (κ3) is 3.26. The minimum Gasteiger partial charge on any atom is -0.476 e. The van der Waals surface area contributed by atoms with Crippen LogP contribution in [-0.2, 0) is 9.59 Å². The Bertz CT molecular complexity index is 710. The van der Waals surface area contributed by atoms with E-state index in [1.165, 1.54) is 11.1 Å². The third-order valence-electron chi connectivity index (χ3n) is 5.02. The highest BCUT2D eigenvalue weighted by Crippen LogP contribution is 2.37. The van der Waals surface area contributed by atoms with Gasteiger partial charge in [-0.3, -0.25) is 14.9 Å². The Morgan fingerprint density at radius 1 is 1.20 bits per heavy atom. The Labute approximate surface area is 145 Å². The van der Waals surface area contributed by atoms with Crippen molar-refractivity contribution in [1.29, 1.82) is 0 Å². The molecule has 0 radical (unpaired) electrons. The lowest BCUT2D eigenvalue weighted by molar-refractivity contribution is -0.517. The molecule has 7 nitrogen and oxygen atoms in total. The first-order chi connectivity index (χ1) is 12.0. The van der Waals surface area contributed by atoms with Crippen molar-refractivity contribution < 1.29 is 19.6 Å². The number of hydrogen-bond donors (Lipinski definition) is 1. The third-order valence-corrected chi connectivity index (χ3v) is 5.02. The van der Waals surface area contributed by atoms with Gasteiger partial charge in [-0.15, -0.1) is 0 Å². The van der Waals surface area contributed by atoms with Crippen LogP contribution in [0.3, 0.4) is 0 Å². The molecule has 0 bridgehead atoms. The van der Waals surface area contributed by atoms with Crippen LogP contribution in [0.4, 0.5) is 0 Å². The molecule has 0 spiro atoms. The Morgan fingerprint density at radius 3 is 2.52 bits per heavy atom. The van der Waals surface area contributed by atoms with Crippen molar-refractivity contribution in [1.82, 2.24) is 4.90 Å². The standard InChI is InChI=1S/C18H20N2O5/c21-17(13-7-2-1-3-8-13)19-11-10-12-6-4-5-9-14(12)15(19)16(18(22)23)20(24)25/h4-6,9-11,13,15-16H,1-3,7-8H2,(H,22,23)/t15-,16?/m1/s1. The average molecular weight is 344 g/mol. The summed E-state index contributed by atoms with van der Waals surface area (Å²) in [6.45, 7) is 0. The molecular formula is C18H20N2O5. The molecule has 0 saturated heterocycles. The molecule has 2 atom stereocenters. The molecule has 25 heavy (non-hydrogen) atoms. The number of fused-ring (bicyclic) bond motifs is 1. The first-order valence-electron chi connectivity index (χ1n) is 8.46. The number of aliphatic carboxylic acids is 1. The monoisotopic (exact) mass is 344 g/mol. The second-order valence-corrected chi connectivity index (χ2v) is 6.54. The molecule has 3 rings (SSSR count). The number of carboxylic acids is 1. The van der Waals surface area contributed by atoms with Crippen LogP contribution in [0.25, 0.3) is 6.08 Å². The van der Waals surface area contributed by atoms with E-state index in [-0.39, 0.29) is 11.8 Å². The van der Waals surface area contributed by atoms with Crippen LogP contribution in [0.15, 0.2) is 30.5 Å². The Balaban J connectivity index is 2.02. The number of nitro groups is 1. The van der Waals surface area contributed by atoms with Crippen LogP contribution >= 0.6 is 0 Å². The maximum absolute atomic E-state index is 13.0. The number of carboxylic acid groups (broad SMARTS) is 1. The van der Waals surface area contributed by atoms with Gasteiger partial charge in [0.05, 0.1) is 0 Å². The van der Waals surface area contributed by atoms with Crippen molar-refractivity contribution in [2.45, 2.75) is 44.2 Å². The van der Waals surface area contributed by atoms with Crippen molar-refractivity contribution in [3.63, 3.8) is 0 Å². The normalized spacial score (nSPS) is 21.4. The van der Waals surface area contributed by atoms with Crippen molar-refractivity contribution in [3.8, 4) is 0 Å². The number of benzene rings is 1. The van der Waals surface area contributed by atoms with E-state index in [0.717, 1.165) is 32.1 Å². The number of amides is 1. The van der Waals surface area contributed by atoms with Crippen molar-refractivity contribution in [2.75, 3.05) is 0 Å². The lowest BCUT2D eigenvalue weighted by Gasteiger charge is -2.36. The topological polar surface area (TPSA) is 101 Å². The molecule has 0 aromatic heterocycles. The molecule has 1 heterocycles. The van der Waals surface area contributed by atoms with Gasteiger partial charge in [-0.2, -0.15) is 0 Å². The summed E-state index contributed by atoms with van der Waals surface area (Å²) in [7, 11) is 0. The van der Waals surface area contributed by atoms with Gasteiger partial charge in [0.1, 0.15) is 6.04 Å². The molecule has 1 saturated carbocycles. The molecule has 1 N–H and O–H groups in total. The van der Waals surface area contributed by atoms with Gasteiger partial charge < -0.3 is 10.0 Å². The van der Waals surface area contributed by atoms with E-state index in [4.69, 9.17) is 0 Å².